The number of ether oxygens (including phenoxy) is 10. The minimum atomic E-state index is -1.51. The van der Waals surface area contributed by atoms with Crippen LogP contribution >= 0.6 is 8.53 Å². The van der Waals surface area contributed by atoms with E-state index in [9.17, 15) is 58.2 Å². The molecule has 0 aromatic carbocycles. The van der Waals surface area contributed by atoms with Gasteiger partial charge in [0.1, 0.15) is 42.7 Å². The van der Waals surface area contributed by atoms with Crippen LogP contribution in [0.4, 0.5) is 0 Å². The van der Waals surface area contributed by atoms with Gasteiger partial charge in [-0.2, -0.15) is 5.26 Å². The first-order valence-corrected chi connectivity index (χ1v) is 35.2. The van der Waals surface area contributed by atoms with Crippen LogP contribution in [0.15, 0.2) is 109 Å². The summed E-state index contributed by atoms with van der Waals surface area (Å²) in [6, 6.07) is 8.73. The normalized spacial score (nSPS) is 29.6. The topological polar surface area (TPSA) is 453 Å². The van der Waals surface area contributed by atoms with Crippen LogP contribution in [0.2, 0.25) is 0 Å². The fourth-order valence-corrected chi connectivity index (χ4v) is 14.8. The first kappa shape index (κ1) is 84.7. The minimum absolute atomic E-state index is 0.0520. The molecule has 37 heteroatoms. The first-order chi connectivity index (χ1) is 49.1. The predicted octanol–water partition coefficient (Wildman–Crippen LogP) is 1.81. The Balaban J connectivity index is 0.000000207. The van der Waals surface area contributed by atoms with Gasteiger partial charge in [0, 0.05) is 127 Å². The number of aromatic nitrogens is 10. The van der Waals surface area contributed by atoms with Crippen molar-refractivity contribution in [1.29, 1.82) is 5.26 Å². The molecule has 574 valence electrons. The summed E-state index contributed by atoms with van der Waals surface area (Å²) in [5, 5.41) is 28.1. The number of nitrogens with zero attached hydrogens (tertiary/aromatic N) is 7. The van der Waals surface area contributed by atoms with Crippen LogP contribution in [0, 0.1) is 29.1 Å². The second-order valence-electron chi connectivity index (χ2n) is 25.4. The van der Waals surface area contributed by atoms with E-state index in [1.165, 1.54) is 105 Å². The number of hydrogen-bond donors (Lipinski definition) is 7. The van der Waals surface area contributed by atoms with Crippen molar-refractivity contribution < 1.29 is 66.6 Å². The Hall–Kier alpha value is -7.28. The summed E-state index contributed by atoms with van der Waals surface area (Å²) in [5.74, 6) is 0.344. The quantitative estimate of drug-likeness (QED) is 0.0362. The van der Waals surface area contributed by atoms with E-state index >= 15 is 0 Å². The zero-order valence-electron chi connectivity index (χ0n) is 60.9. The Morgan fingerprint density at radius 3 is 1.02 bits per heavy atom. The number of rotatable bonds is 23. The highest BCUT2D eigenvalue weighted by molar-refractivity contribution is 7.44. The highest BCUT2D eigenvalue weighted by Crippen LogP contribution is 2.51. The molecule has 21 atom stereocenters. The van der Waals surface area contributed by atoms with Crippen LogP contribution < -0.4 is 56.2 Å². The smallest absolute Gasteiger partial charge is 0.330 e. The second kappa shape index (κ2) is 39.7. The van der Waals surface area contributed by atoms with Crippen molar-refractivity contribution in [3.63, 3.8) is 0 Å². The predicted molar refractivity (Wildman–Crippen MR) is 372 cm³/mol. The van der Waals surface area contributed by atoms with E-state index in [1.54, 1.807) is 14.2 Å². The summed E-state index contributed by atoms with van der Waals surface area (Å²) in [4.78, 5) is 126. The lowest BCUT2D eigenvalue weighted by Crippen LogP contribution is -2.41. The van der Waals surface area contributed by atoms with E-state index in [4.69, 9.17) is 61.7 Å². The Morgan fingerprint density at radius 2 is 0.738 bits per heavy atom. The maximum absolute atomic E-state index is 12.3. The van der Waals surface area contributed by atoms with E-state index in [0.29, 0.717) is 12.8 Å². The molecule has 5 aromatic rings. The summed E-state index contributed by atoms with van der Waals surface area (Å²) in [5.41, 5.74) is -4.91. The molecule has 10 rings (SSSR count). The largest absolute Gasteiger partial charge is 0.394 e. The molecule has 36 nitrogen and oxygen atoms in total. The molecule has 5 saturated heterocycles. The minimum Gasteiger partial charge on any atom is -0.394 e. The molecule has 5 fully saturated rings. The molecular formula is C66H101N12O24P. The summed E-state index contributed by atoms with van der Waals surface area (Å²) in [6.07, 6.45) is 2.77. The van der Waals surface area contributed by atoms with E-state index in [2.05, 4.69) is 63.4 Å². The van der Waals surface area contributed by atoms with Crippen LogP contribution in [-0.4, -0.2) is 197 Å². The molecule has 0 spiro atoms. The van der Waals surface area contributed by atoms with Gasteiger partial charge in [0.05, 0.1) is 56.2 Å². The van der Waals surface area contributed by atoms with Gasteiger partial charge in [-0.1, -0.05) is 48.5 Å². The summed E-state index contributed by atoms with van der Waals surface area (Å²) in [7, 11) is 6.19. The number of methoxy groups -OCH3 is 5. The van der Waals surface area contributed by atoms with Crippen molar-refractivity contribution in [2.75, 3.05) is 48.8 Å². The molecule has 1 unspecified atom stereocenters. The molecule has 0 bridgehead atoms. The SMILES string of the molecule is CC[C@H]1O[C@@H](n2ccc(=O)[nH]c2=O)[C@H](OC)[C@@H]1C.CC[C@H]1O[C@@H](n2ccc(=O)[nH]c2=O)[C@H](OC)[C@@H]1C.CC[C@H]1O[C@@H](n2ccc(=O)[nH]c2=O)[C@H](OC)[C@@H]1O.CC[C@H]1O[C@@H](n2ccc(=O)[nH]c2=O)[C@H](OC)[C@@H]1OP(OCCC#N)N(C(C)C)C(C)C.CO[C@@H]1[C@H](C)[C@@H](CO)O[C@H]1n1ccc(=O)[nH]c1=O. The Kier molecular flexibility index (Phi) is 32.6. The zero-order valence-corrected chi connectivity index (χ0v) is 61.8. The van der Waals surface area contributed by atoms with Gasteiger partial charge in [-0.25, -0.2) is 28.6 Å². The zero-order chi connectivity index (χ0) is 76.3. The van der Waals surface area contributed by atoms with E-state index < -0.39 is 133 Å². The summed E-state index contributed by atoms with van der Waals surface area (Å²) < 4.78 is 77.3. The van der Waals surface area contributed by atoms with Crippen LogP contribution in [-0.2, 0) is 56.4 Å². The monoisotopic (exact) mass is 1480 g/mol. The Labute approximate surface area is 593 Å². The van der Waals surface area contributed by atoms with E-state index in [-0.39, 0.29) is 86.1 Å². The van der Waals surface area contributed by atoms with Crippen molar-refractivity contribution in [3.8, 4) is 6.07 Å². The number of hydrogen-bond acceptors (Lipinski definition) is 26. The number of aliphatic hydroxyl groups excluding tert-OH is 2. The molecule has 5 aliphatic heterocycles. The van der Waals surface area contributed by atoms with Gasteiger partial charge in [0.2, 0.25) is 0 Å². The van der Waals surface area contributed by atoms with E-state index in [0.717, 1.165) is 12.8 Å². The lowest BCUT2D eigenvalue weighted by atomic mass is 9.98. The average Bonchev–Trinajstić information content (AvgIpc) is 1.71. The highest BCUT2D eigenvalue weighted by Gasteiger charge is 2.50. The summed E-state index contributed by atoms with van der Waals surface area (Å²) >= 11 is 0. The highest BCUT2D eigenvalue weighted by atomic mass is 31.2. The molecule has 5 aromatic heterocycles. The maximum atomic E-state index is 12.3. The third-order valence-corrected chi connectivity index (χ3v) is 20.5. The second-order valence-corrected chi connectivity index (χ2v) is 26.8. The van der Waals surface area contributed by atoms with E-state index in [1.807, 2.05) is 48.5 Å². The molecule has 7 N–H and O–H groups in total. The van der Waals surface area contributed by atoms with Crippen LogP contribution in [0.3, 0.4) is 0 Å². The summed E-state index contributed by atoms with van der Waals surface area (Å²) in [6.45, 7) is 22.2. The molecule has 5 aliphatic rings. The molecule has 0 amide bonds. The van der Waals surface area contributed by atoms with Crippen molar-refractivity contribution in [2.45, 2.75) is 225 Å². The number of nitrogens with one attached hydrogen (secondary N) is 5. The number of nitriles is 1. The maximum Gasteiger partial charge on any atom is 0.330 e. The third kappa shape index (κ3) is 20.6. The molecular weight excluding hydrogens is 1380 g/mol. The van der Waals surface area contributed by atoms with Crippen molar-refractivity contribution >= 4 is 8.53 Å². The third-order valence-electron chi connectivity index (χ3n) is 18.3. The van der Waals surface area contributed by atoms with Crippen LogP contribution in [0.25, 0.3) is 0 Å². The lowest BCUT2D eigenvalue weighted by molar-refractivity contribution is -0.0625. The molecule has 0 radical (unpaired) electrons. The fraction of sp³-hybridized carbons (Fsp3) is 0.682. The Morgan fingerprint density at radius 1 is 0.456 bits per heavy atom. The van der Waals surface area contributed by atoms with Gasteiger partial charge >= 0.3 is 28.4 Å². The van der Waals surface area contributed by atoms with Gasteiger partial charge < -0.3 is 66.6 Å². The molecule has 0 saturated carbocycles. The van der Waals surface area contributed by atoms with Crippen molar-refractivity contribution in [2.24, 2.45) is 17.8 Å². The lowest BCUT2D eigenvalue weighted by Gasteiger charge is -2.38. The van der Waals surface area contributed by atoms with Gasteiger partial charge in [-0.3, -0.25) is 71.7 Å². The Bertz CT molecular complexity index is 3750. The van der Waals surface area contributed by atoms with Crippen molar-refractivity contribution in [3.05, 3.63) is 166 Å². The fourth-order valence-electron chi connectivity index (χ4n) is 13.1. The van der Waals surface area contributed by atoms with Crippen LogP contribution in [0.1, 0.15) is 139 Å². The van der Waals surface area contributed by atoms with Gasteiger partial charge in [0.15, 0.2) is 31.1 Å². The number of H-pyrrole nitrogens is 5. The first-order valence-electron chi connectivity index (χ1n) is 34.1. The standard InChI is InChI=1S/C20H33N4O6P.2C12H18N2O4.2C11H16N2O5/c1-7-15-17(30-31(28-12-8-10-21)24(13(2)3)14(4)5)18(27-6)19(29-15)23-11-9-16(25)22-20(23)26;2*1-4-8-7(2)10(17-3)11(18-8)14-6-5-9(15)13-12(14)16;1-6-7(5-14)18-10(9(6)17-2)13-4-3-8(15)12-11(13)16;1-3-6-8(15)9(17-2)10(18-6)13-5-4-7(14)12-11(13)16/h9,11,13-15,17-19H,7-8,12H2,1-6H3,(H,22,25,26);2*5-8,10-11H,4H2,1-3H3,(H,13,15,16);3-4,6-7,9-10,14H,5H2,1-2H3,(H,12,15,16);4-6,8-10,15H,3H2,1-2H3,(H,12,14,16)/t15-,17-,18-,19-,31?;2*7-,8-,10-,11-;6-,7-,9-,10-;6-,8-,9-,10-/m11111/s1. The molecule has 0 aliphatic carbocycles. The number of aromatic amines is 5. The van der Waals surface area contributed by atoms with Crippen molar-refractivity contribution in [1.82, 2.24) is 52.4 Å². The van der Waals surface area contributed by atoms with Gasteiger partial charge in [0.25, 0.3) is 36.3 Å². The van der Waals surface area contributed by atoms with Gasteiger partial charge in [-0.05, 0) is 53.4 Å². The van der Waals surface area contributed by atoms with Gasteiger partial charge in [-0.15, -0.1) is 0 Å². The molecule has 103 heavy (non-hydrogen) atoms. The number of aliphatic hydroxyl groups is 2. The van der Waals surface area contributed by atoms with Crippen LogP contribution in [0.5, 0.6) is 0 Å². The average molecular weight is 1480 g/mol. The molecule has 10 heterocycles.